The fourth-order valence-electron chi connectivity index (χ4n) is 2.28. The summed E-state index contributed by atoms with van der Waals surface area (Å²) in [7, 11) is -3.65. The van der Waals surface area contributed by atoms with E-state index in [1.165, 1.54) is 6.21 Å². The molecule has 2 rings (SSSR count). The Labute approximate surface area is 173 Å². The molecule has 0 fully saturated rings. The topological polar surface area (TPSA) is 88.1 Å². The maximum absolute atomic E-state index is 12.2. The van der Waals surface area contributed by atoms with Gasteiger partial charge < -0.3 is 4.74 Å². The van der Waals surface area contributed by atoms with Gasteiger partial charge in [-0.25, -0.2) is 13.8 Å². The van der Waals surface area contributed by atoms with Crippen LogP contribution in [0.25, 0.3) is 0 Å². The van der Waals surface area contributed by atoms with Gasteiger partial charge in [0.1, 0.15) is 12.3 Å². The van der Waals surface area contributed by atoms with Crippen LogP contribution in [0.5, 0.6) is 5.75 Å². The van der Waals surface area contributed by atoms with Gasteiger partial charge in [0, 0.05) is 4.47 Å². The third-order valence-corrected chi connectivity index (χ3v) is 5.26. The summed E-state index contributed by atoms with van der Waals surface area (Å²) in [5, 5.41) is 3.88. The summed E-state index contributed by atoms with van der Waals surface area (Å²) in [6.45, 7) is 3.50. The normalized spacial score (nSPS) is 11.6. The average molecular weight is 468 g/mol. The Balaban J connectivity index is 2.01. The molecule has 0 radical (unpaired) electrons. The van der Waals surface area contributed by atoms with Gasteiger partial charge in [0.05, 0.1) is 24.3 Å². The van der Waals surface area contributed by atoms with Gasteiger partial charge in [-0.3, -0.25) is 9.10 Å². The fourth-order valence-corrected chi connectivity index (χ4v) is 3.77. The van der Waals surface area contributed by atoms with Gasteiger partial charge in [-0.15, -0.1) is 0 Å². The molecular weight excluding hydrogens is 446 g/mol. The highest BCUT2D eigenvalue weighted by Crippen LogP contribution is 2.27. The number of nitrogens with zero attached hydrogens (tertiary/aromatic N) is 2. The molecule has 1 amide bonds. The Morgan fingerprint density at radius 3 is 2.43 bits per heavy atom. The molecule has 0 atom stereocenters. The number of benzene rings is 2. The molecule has 150 valence electrons. The van der Waals surface area contributed by atoms with E-state index in [1.54, 1.807) is 36.4 Å². The minimum absolute atomic E-state index is 0.0845. The lowest BCUT2D eigenvalue weighted by Crippen LogP contribution is -2.39. The second kappa shape index (κ2) is 9.70. The number of nitrogens with one attached hydrogen (secondary N) is 1. The van der Waals surface area contributed by atoms with E-state index in [2.05, 4.69) is 26.5 Å². The van der Waals surface area contributed by atoms with Crippen molar-refractivity contribution in [2.24, 2.45) is 5.10 Å². The molecule has 0 bridgehead atoms. The highest BCUT2D eigenvalue weighted by atomic mass is 79.9. The molecule has 0 saturated carbocycles. The zero-order valence-corrected chi connectivity index (χ0v) is 18.2. The number of carbonyl (C=O) groups excluding carboxylic acids is 1. The molecule has 0 aliphatic carbocycles. The van der Waals surface area contributed by atoms with E-state index in [4.69, 9.17) is 4.74 Å². The number of hydrogen-bond donors (Lipinski definition) is 1. The van der Waals surface area contributed by atoms with Gasteiger partial charge in [0.15, 0.2) is 0 Å². The van der Waals surface area contributed by atoms with Crippen LogP contribution in [0.15, 0.2) is 58.1 Å². The third kappa shape index (κ3) is 6.65. The van der Waals surface area contributed by atoms with Crippen LogP contribution in [0.2, 0.25) is 0 Å². The average Bonchev–Trinajstić information content (AvgIpc) is 2.60. The van der Waals surface area contributed by atoms with Crippen LogP contribution in [-0.4, -0.2) is 39.4 Å². The summed E-state index contributed by atoms with van der Waals surface area (Å²) in [5.74, 6) is 0.186. The summed E-state index contributed by atoms with van der Waals surface area (Å²) >= 11 is 3.31. The molecule has 9 heteroatoms. The van der Waals surface area contributed by atoms with Crippen LogP contribution in [0.1, 0.15) is 19.4 Å². The molecule has 0 aliphatic rings. The number of rotatable bonds is 8. The minimum atomic E-state index is -3.65. The van der Waals surface area contributed by atoms with Crippen molar-refractivity contribution >= 4 is 43.8 Å². The van der Waals surface area contributed by atoms with E-state index in [0.29, 0.717) is 10.2 Å². The number of amides is 1. The number of ether oxygens (including phenoxy) is 1. The van der Waals surface area contributed by atoms with E-state index >= 15 is 0 Å². The Morgan fingerprint density at radius 1 is 1.21 bits per heavy atom. The van der Waals surface area contributed by atoms with E-state index < -0.39 is 15.9 Å². The van der Waals surface area contributed by atoms with Gasteiger partial charge in [-0.05, 0) is 71.7 Å². The van der Waals surface area contributed by atoms with Crippen molar-refractivity contribution in [3.05, 3.63) is 58.6 Å². The molecular formula is C19H22BrN3O4S. The molecule has 0 aliphatic heterocycles. The summed E-state index contributed by atoms with van der Waals surface area (Å²) in [6, 6.07) is 14.0. The van der Waals surface area contributed by atoms with Crippen molar-refractivity contribution < 1.29 is 17.9 Å². The second-order valence-electron chi connectivity index (χ2n) is 6.25. The van der Waals surface area contributed by atoms with Gasteiger partial charge in [0.25, 0.3) is 5.91 Å². The van der Waals surface area contributed by atoms with Crippen LogP contribution in [0.3, 0.4) is 0 Å². The maximum Gasteiger partial charge on any atom is 0.260 e. The monoisotopic (exact) mass is 467 g/mol. The Morgan fingerprint density at radius 2 is 1.86 bits per heavy atom. The van der Waals surface area contributed by atoms with Crippen molar-refractivity contribution in [1.29, 1.82) is 0 Å². The number of halogens is 1. The first-order chi connectivity index (χ1) is 13.2. The number of carbonyl (C=O) groups is 1. The molecule has 0 unspecified atom stereocenters. The fraction of sp³-hybridized carbons (Fsp3) is 0.263. The quantitative estimate of drug-likeness (QED) is 0.476. The molecule has 0 aromatic heterocycles. The highest BCUT2D eigenvalue weighted by Gasteiger charge is 2.22. The molecule has 0 spiro atoms. The van der Waals surface area contributed by atoms with Crippen molar-refractivity contribution in [3.8, 4) is 5.75 Å². The summed E-state index contributed by atoms with van der Waals surface area (Å²) in [5.41, 5.74) is 3.49. The first-order valence-electron chi connectivity index (χ1n) is 8.47. The van der Waals surface area contributed by atoms with Gasteiger partial charge in [0.2, 0.25) is 10.0 Å². The lowest BCUT2D eigenvalue weighted by Gasteiger charge is -2.22. The molecule has 2 aromatic carbocycles. The van der Waals surface area contributed by atoms with Crippen molar-refractivity contribution in [2.75, 3.05) is 17.1 Å². The minimum Gasteiger partial charge on any atom is -0.491 e. The van der Waals surface area contributed by atoms with Gasteiger partial charge in [-0.2, -0.15) is 5.10 Å². The van der Waals surface area contributed by atoms with Crippen molar-refractivity contribution in [2.45, 2.75) is 20.0 Å². The SMILES string of the molecule is CC(C)Oc1ccc(/C=N\NC(=O)CN(c2ccccc2Br)S(C)(=O)=O)cc1. The number of anilines is 1. The van der Waals surface area contributed by atoms with Crippen LogP contribution < -0.4 is 14.5 Å². The van der Waals surface area contributed by atoms with Crippen molar-refractivity contribution in [3.63, 3.8) is 0 Å². The van der Waals surface area contributed by atoms with Crippen LogP contribution >= 0.6 is 15.9 Å². The zero-order valence-electron chi connectivity index (χ0n) is 15.8. The van der Waals surface area contributed by atoms with Crippen molar-refractivity contribution in [1.82, 2.24) is 5.43 Å². The summed E-state index contributed by atoms with van der Waals surface area (Å²) in [6.07, 6.45) is 2.60. The van der Waals surface area contributed by atoms with Crippen LogP contribution in [0, 0.1) is 0 Å². The predicted molar refractivity (Wildman–Crippen MR) is 114 cm³/mol. The standard InChI is InChI=1S/C19H22BrN3O4S/c1-14(2)27-16-10-8-15(9-11-16)12-21-22-19(24)13-23(28(3,25)26)18-7-5-4-6-17(18)20/h4-12,14H,13H2,1-3H3,(H,22,24)/b21-12-. The first kappa shape index (κ1) is 21.9. The van der Waals surface area contributed by atoms with Gasteiger partial charge >= 0.3 is 0 Å². The lowest BCUT2D eigenvalue weighted by molar-refractivity contribution is -0.119. The lowest BCUT2D eigenvalue weighted by atomic mass is 10.2. The van der Waals surface area contributed by atoms with E-state index in [-0.39, 0.29) is 12.6 Å². The molecule has 28 heavy (non-hydrogen) atoms. The number of hydrazone groups is 1. The summed E-state index contributed by atoms with van der Waals surface area (Å²) in [4.78, 5) is 12.2. The number of sulfonamides is 1. The van der Waals surface area contributed by atoms with Crippen LogP contribution in [-0.2, 0) is 14.8 Å². The molecule has 1 N–H and O–H groups in total. The molecule has 2 aromatic rings. The highest BCUT2D eigenvalue weighted by molar-refractivity contribution is 9.10. The third-order valence-electron chi connectivity index (χ3n) is 3.46. The molecule has 0 heterocycles. The Bertz CT molecular complexity index is 944. The van der Waals surface area contributed by atoms with Crippen LogP contribution in [0.4, 0.5) is 5.69 Å². The van der Waals surface area contributed by atoms with E-state index in [9.17, 15) is 13.2 Å². The molecule has 7 nitrogen and oxygen atoms in total. The Kier molecular flexibility index (Phi) is 7.59. The zero-order chi connectivity index (χ0) is 20.7. The molecule has 0 saturated heterocycles. The maximum atomic E-state index is 12.2. The second-order valence-corrected chi connectivity index (χ2v) is 9.01. The smallest absolute Gasteiger partial charge is 0.260 e. The van der Waals surface area contributed by atoms with E-state index in [1.807, 2.05) is 26.0 Å². The number of para-hydroxylation sites is 1. The number of hydrogen-bond acceptors (Lipinski definition) is 5. The summed E-state index contributed by atoms with van der Waals surface area (Å²) < 4.78 is 31.3. The predicted octanol–water partition coefficient (Wildman–Crippen LogP) is 3.15. The Hall–Kier alpha value is -2.39. The first-order valence-corrected chi connectivity index (χ1v) is 11.1. The van der Waals surface area contributed by atoms with E-state index in [0.717, 1.165) is 21.9 Å². The largest absolute Gasteiger partial charge is 0.491 e. The van der Waals surface area contributed by atoms with Gasteiger partial charge in [-0.1, -0.05) is 12.1 Å².